The number of hydrogen-bond donors (Lipinski definition) is 0. The highest BCUT2D eigenvalue weighted by molar-refractivity contribution is 8.02. The quantitative estimate of drug-likeness (QED) is 0.612. The average Bonchev–Trinajstić information content (AvgIpc) is 2.51. The van der Waals surface area contributed by atoms with Gasteiger partial charge in [0.15, 0.2) is 5.16 Å². The second kappa shape index (κ2) is 6.59. The minimum Gasteiger partial charge on any atom is -0.299 e. The smallest absolute Gasteiger partial charge is 0.188 e. The molecule has 0 saturated carbocycles. The molecule has 0 fully saturated rings. The Morgan fingerprint density at radius 3 is 2.95 bits per heavy atom. The Balaban J connectivity index is 2.02. The molecule has 0 aromatic carbocycles. The summed E-state index contributed by atoms with van der Waals surface area (Å²) >= 11 is 3.27. The first-order valence-electron chi connectivity index (χ1n) is 7.55. The number of aromatic nitrogens is 2. The Hall–Kier alpha value is -1.07. The highest BCUT2D eigenvalue weighted by Gasteiger charge is 2.27. The SMILES string of the molecule is CSC1=C2C(=CC(C)C1)CCc1cnc(SCC(C)=O)nc12. The van der Waals surface area contributed by atoms with Crippen molar-refractivity contribution in [1.82, 2.24) is 9.97 Å². The van der Waals surface area contributed by atoms with Crippen molar-refractivity contribution in [2.24, 2.45) is 5.92 Å². The number of aryl methyl sites for hydroxylation is 1. The van der Waals surface area contributed by atoms with Crippen LogP contribution in [0, 0.1) is 5.92 Å². The largest absolute Gasteiger partial charge is 0.299 e. The van der Waals surface area contributed by atoms with E-state index in [2.05, 4.69) is 24.2 Å². The number of rotatable bonds is 4. The Morgan fingerprint density at radius 1 is 1.41 bits per heavy atom. The number of allylic oxidation sites excluding steroid dienone is 4. The third kappa shape index (κ3) is 3.15. The van der Waals surface area contributed by atoms with Crippen LogP contribution < -0.4 is 0 Å². The van der Waals surface area contributed by atoms with Crippen molar-refractivity contribution in [3.05, 3.63) is 34.0 Å². The number of hydrogen-bond acceptors (Lipinski definition) is 5. The third-order valence-electron chi connectivity index (χ3n) is 3.99. The number of nitrogens with zero attached hydrogens (tertiary/aromatic N) is 2. The van der Waals surface area contributed by atoms with Gasteiger partial charge in [0.25, 0.3) is 0 Å². The number of ketones is 1. The van der Waals surface area contributed by atoms with Crippen LogP contribution in [-0.4, -0.2) is 27.8 Å². The normalized spacial score (nSPS) is 20.3. The first-order chi connectivity index (χ1) is 10.6. The van der Waals surface area contributed by atoms with Crippen LogP contribution in [0.25, 0.3) is 5.57 Å². The second-order valence-corrected chi connectivity index (χ2v) is 7.74. The summed E-state index contributed by atoms with van der Waals surface area (Å²) in [5.74, 6) is 1.20. The summed E-state index contributed by atoms with van der Waals surface area (Å²) < 4.78 is 0. The predicted molar refractivity (Wildman–Crippen MR) is 94.1 cm³/mol. The molecular formula is C17H20N2OS2. The van der Waals surface area contributed by atoms with E-state index in [0.717, 1.165) is 25.0 Å². The van der Waals surface area contributed by atoms with Gasteiger partial charge in [-0.25, -0.2) is 9.97 Å². The molecule has 1 aromatic rings. The standard InChI is InChI=1S/C17H20N2OS2/c1-10-6-12-4-5-13-8-18-17(22-9-11(2)20)19-16(13)15(12)14(7-10)21-3/h6,8,10H,4-5,7,9H2,1-3H3. The average molecular weight is 332 g/mol. The van der Waals surface area contributed by atoms with Crippen LogP contribution >= 0.6 is 23.5 Å². The van der Waals surface area contributed by atoms with E-state index in [9.17, 15) is 4.79 Å². The molecule has 0 N–H and O–H groups in total. The predicted octanol–water partition coefficient (Wildman–Crippen LogP) is 4.14. The zero-order valence-electron chi connectivity index (χ0n) is 13.2. The Kier molecular flexibility index (Phi) is 4.73. The summed E-state index contributed by atoms with van der Waals surface area (Å²) in [4.78, 5) is 21.8. The minimum atomic E-state index is 0.155. The van der Waals surface area contributed by atoms with E-state index in [1.54, 1.807) is 6.92 Å². The fraction of sp³-hybridized carbons (Fsp3) is 0.471. The molecule has 1 heterocycles. The lowest BCUT2D eigenvalue weighted by atomic mass is 9.81. The zero-order valence-corrected chi connectivity index (χ0v) is 14.8. The van der Waals surface area contributed by atoms with Gasteiger partial charge in [-0.3, -0.25) is 4.79 Å². The van der Waals surface area contributed by atoms with Crippen molar-refractivity contribution in [2.45, 2.75) is 38.3 Å². The van der Waals surface area contributed by atoms with Crippen LogP contribution in [0.5, 0.6) is 0 Å². The molecule has 3 nitrogen and oxygen atoms in total. The first kappa shape index (κ1) is 15.8. The fourth-order valence-corrected chi connectivity index (χ4v) is 4.51. The summed E-state index contributed by atoms with van der Waals surface area (Å²) in [6, 6.07) is 0. The number of thioether (sulfide) groups is 2. The molecule has 2 aliphatic carbocycles. The van der Waals surface area contributed by atoms with Crippen LogP contribution in [0.1, 0.15) is 37.9 Å². The van der Waals surface area contributed by atoms with Gasteiger partial charge in [-0.15, -0.1) is 11.8 Å². The maximum absolute atomic E-state index is 11.2. The summed E-state index contributed by atoms with van der Waals surface area (Å²) in [5, 5.41) is 0.710. The van der Waals surface area contributed by atoms with Gasteiger partial charge in [0, 0.05) is 11.8 Å². The fourth-order valence-electron chi connectivity index (χ4n) is 3.03. The summed E-state index contributed by atoms with van der Waals surface area (Å²) in [6.45, 7) is 3.88. The molecule has 1 unspecified atom stereocenters. The van der Waals surface area contributed by atoms with Crippen molar-refractivity contribution < 1.29 is 4.79 Å². The van der Waals surface area contributed by atoms with E-state index in [0.29, 0.717) is 16.8 Å². The Bertz CT molecular complexity index is 679. The van der Waals surface area contributed by atoms with Gasteiger partial charge in [0.1, 0.15) is 5.78 Å². The van der Waals surface area contributed by atoms with E-state index in [1.807, 2.05) is 18.0 Å². The molecule has 0 saturated heterocycles. The Morgan fingerprint density at radius 2 is 2.23 bits per heavy atom. The van der Waals surface area contributed by atoms with Crippen LogP contribution in [0.3, 0.4) is 0 Å². The van der Waals surface area contributed by atoms with E-state index >= 15 is 0 Å². The highest BCUT2D eigenvalue weighted by Crippen LogP contribution is 2.44. The lowest BCUT2D eigenvalue weighted by Crippen LogP contribution is -2.15. The van der Waals surface area contributed by atoms with Gasteiger partial charge >= 0.3 is 0 Å². The second-order valence-electron chi connectivity index (χ2n) is 5.89. The zero-order chi connectivity index (χ0) is 15.7. The molecule has 0 aliphatic heterocycles. The maximum Gasteiger partial charge on any atom is 0.188 e. The molecule has 1 aromatic heterocycles. The molecule has 0 radical (unpaired) electrons. The molecule has 3 rings (SSSR count). The topological polar surface area (TPSA) is 42.9 Å². The van der Waals surface area contributed by atoms with Gasteiger partial charge < -0.3 is 0 Å². The number of carbonyl (C=O) groups is 1. The van der Waals surface area contributed by atoms with E-state index in [-0.39, 0.29) is 5.78 Å². The molecule has 0 amide bonds. The maximum atomic E-state index is 11.2. The van der Waals surface area contributed by atoms with Gasteiger partial charge in [0.2, 0.25) is 0 Å². The molecule has 22 heavy (non-hydrogen) atoms. The van der Waals surface area contributed by atoms with Crippen LogP contribution in [0.2, 0.25) is 0 Å². The number of carbonyl (C=O) groups excluding carboxylic acids is 1. The molecule has 5 heteroatoms. The van der Waals surface area contributed by atoms with Gasteiger partial charge in [0.05, 0.1) is 11.4 Å². The molecular weight excluding hydrogens is 312 g/mol. The van der Waals surface area contributed by atoms with Gasteiger partial charge in [-0.05, 0) is 54.4 Å². The van der Waals surface area contributed by atoms with E-state index in [1.165, 1.54) is 33.4 Å². The van der Waals surface area contributed by atoms with Crippen molar-refractivity contribution in [1.29, 1.82) is 0 Å². The highest BCUT2D eigenvalue weighted by atomic mass is 32.2. The first-order valence-corrected chi connectivity index (χ1v) is 9.76. The van der Waals surface area contributed by atoms with E-state index < -0.39 is 0 Å². The molecule has 2 aliphatic rings. The minimum absolute atomic E-state index is 0.155. The van der Waals surface area contributed by atoms with Gasteiger partial charge in [-0.1, -0.05) is 24.8 Å². The van der Waals surface area contributed by atoms with E-state index in [4.69, 9.17) is 4.98 Å². The van der Waals surface area contributed by atoms with Crippen molar-refractivity contribution >= 4 is 34.9 Å². The van der Waals surface area contributed by atoms with Crippen LogP contribution in [0.15, 0.2) is 27.9 Å². The van der Waals surface area contributed by atoms with Crippen molar-refractivity contribution in [3.8, 4) is 0 Å². The van der Waals surface area contributed by atoms with Crippen LogP contribution in [0.4, 0.5) is 0 Å². The lowest BCUT2D eigenvalue weighted by Gasteiger charge is -2.29. The monoisotopic (exact) mass is 332 g/mol. The van der Waals surface area contributed by atoms with Crippen LogP contribution in [-0.2, 0) is 11.2 Å². The molecule has 0 bridgehead atoms. The lowest BCUT2D eigenvalue weighted by molar-refractivity contribution is -0.114. The molecule has 0 spiro atoms. The van der Waals surface area contributed by atoms with Gasteiger partial charge in [-0.2, -0.15) is 0 Å². The molecule has 1 atom stereocenters. The Labute approximate surface area is 140 Å². The number of fused-ring (bicyclic) bond motifs is 3. The van der Waals surface area contributed by atoms with Crippen molar-refractivity contribution in [3.63, 3.8) is 0 Å². The summed E-state index contributed by atoms with van der Waals surface area (Å²) in [5.41, 5.74) is 5.10. The summed E-state index contributed by atoms with van der Waals surface area (Å²) in [6.07, 6.45) is 9.70. The molecule has 116 valence electrons. The number of Topliss-reactive ketones (excluding diaryl/α,β-unsaturated/α-hetero) is 1. The summed E-state index contributed by atoms with van der Waals surface area (Å²) in [7, 11) is 0. The van der Waals surface area contributed by atoms with Crippen molar-refractivity contribution in [2.75, 3.05) is 12.0 Å². The third-order valence-corrected chi connectivity index (χ3v) is 5.86.